The van der Waals surface area contributed by atoms with Crippen LogP contribution in [-0.4, -0.2) is 39.7 Å². The Morgan fingerprint density at radius 3 is 2.11 bits per heavy atom. The molecule has 2 aromatic rings. The molecule has 2 amide bonds. The maximum Gasteiger partial charge on any atom is 0.244 e. The Kier molecular flexibility index (Phi) is 6.90. The summed E-state index contributed by atoms with van der Waals surface area (Å²) in [6, 6.07) is 10.0. The summed E-state index contributed by atoms with van der Waals surface area (Å²) in [4.78, 5) is 25.8. The van der Waals surface area contributed by atoms with Gasteiger partial charge in [0.2, 0.25) is 17.6 Å². The van der Waals surface area contributed by atoms with Gasteiger partial charge in [-0.15, -0.1) is 0 Å². The minimum absolute atomic E-state index is 0.199. The largest absolute Gasteiger partial charge is 0.493 e. The Morgan fingerprint density at radius 1 is 1.04 bits per heavy atom. The highest BCUT2D eigenvalue weighted by Gasteiger charge is 2.19. The van der Waals surface area contributed by atoms with Crippen molar-refractivity contribution in [3.05, 3.63) is 41.4 Å². The van der Waals surface area contributed by atoms with Gasteiger partial charge >= 0.3 is 0 Å². The molecule has 0 spiro atoms. The van der Waals surface area contributed by atoms with Crippen molar-refractivity contribution < 1.29 is 23.8 Å². The standard InChI is InChI=1S/C19H21ClN2O5/c1-12(23)22(15-8-6-5-7-14(15)20)11-18(24)21-13-9-16(25-2)19(27-4)17(10-13)26-3/h5-10H,11H2,1-4H3,(H,21,24). The minimum atomic E-state index is -0.403. The van der Waals surface area contributed by atoms with Crippen molar-refractivity contribution in [2.45, 2.75) is 6.92 Å². The number of halogens is 1. The van der Waals surface area contributed by atoms with Crippen molar-refractivity contribution in [2.75, 3.05) is 38.1 Å². The molecular weight excluding hydrogens is 372 g/mol. The number of carbonyl (C=O) groups excluding carboxylic acids is 2. The first-order chi connectivity index (χ1) is 12.9. The normalized spacial score (nSPS) is 10.1. The lowest BCUT2D eigenvalue weighted by molar-refractivity contribution is -0.120. The number of rotatable bonds is 7. The Bertz CT molecular complexity index is 816. The molecule has 0 saturated heterocycles. The van der Waals surface area contributed by atoms with Crippen LogP contribution in [0.1, 0.15) is 6.92 Å². The van der Waals surface area contributed by atoms with E-state index in [4.69, 9.17) is 25.8 Å². The zero-order valence-electron chi connectivity index (χ0n) is 15.5. The van der Waals surface area contributed by atoms with E-state index < -0.39 is 5.91 Å². The molecular formula is C19H21ClN2O5. The molecule has 2 rings (SSSR count). The smallest absolute Gasteiger partial charge is 0.244 e. The van der Waals surface area contributed by atoms with E-state index in [-0.39, 0.29) is 12.5 Å². The molecule has 0 heterocycles. The Balaban J connectivity index is 2.23. The fourth-order valence-electron chi connectivity index (χ4n) is 2.53. The molecule has 1 N–H and O–H groups in total. The number of amides is 2. The molecule has 0 fully saturated rings. The van der Waals surface area contributed by atoms with E-state index in [9.17, 15) is 9.59 Å². The fourth-order valence-corrected chi connectivity index (χ4v) is 2.77. The number of nitrogens with zero attached hydrogens (tertiary/aromatic N) is 1. The van der Waals surface area contributed by atoms with Crippen LogP contribution < -0.4 is 24.4 Å². The summed E-state index contributed by atoms with van der Waals surface area (Å²) in [6.45, 7) is 1.17. The van der Waals surface area contributed by atoms with E-state index in [0.717, 1.165) is 0 Å². The first kappa shape index (κ1) is 20.4. The van der Waals surface area contributed by atoms with Gasteiger partial charge in [0.1, 0.15) is 6.54 Å². The summed E-state index contributed by atoms with van der Waals surface area (Å²) in [6.07, 6.45) is 0. The predicted molar refractivity (Wildman–Crippen MR) is 104 cm³/mol. The number of methoxy groups -OCH3 is 3. The van der Waals surface area contributed by atoms with Crippen LogP contribution in [-0.2, 0) is 9.59 Å². The summed E-state index contributed by atoms with van der Waals surface area (Å²) < 4.78 is 15.8. The van der Waals surface area contributed by atoms with Crippen LogP contribution in [0.4, 0.5) is 11.4 Å². The van der Waals surface area contributed by atoms with Crippen LogP contribution >= 0.6 is 11.6 Å². The van der Waals surface area contributed by atoms with Crippen LogP contribution in [0.15, 0.2) is 36.4 Å². The van der Waals surface area contributed by atoms with E-state index in [1.165, 1.54) is 33.2 Å². The lowest BCUT2D eigenvalue weighted by Crippen LogP contribution is -2.36. The number of carbonyl (C=O) groups is 2. The summed E-state index contributed by atoms with van der Waals surface area (Å²) in [5.74, 6) is 0.519. The van der Waals surface area contributed by atoms with E-state index in [1.54, 1.807) is 36.4 Å². The molecule has 8 heteroatoms. The second kappa shape index (κ2) is 9.14. The summed E-state index contributed by atoms with van der Waals surface area (Å²) >= 11 is 6.15. The van der Waals surface area contributed by atoms with Crippen LogP contribution in [0.3, 0.4) is 0 Å². The number of hydrogen-bond donors (Lipinski definition) is 1. The molecule has 0 saturated carbocycles. The number of nitrogens with one attached hydrogen (secondary N) is 1. The number of ether oxygens (including phenoxy) is 3. The predicted octanol–water partition coefficient (Wildman–Crippen LogP) is 3.36. The molecule has 144 valence electrons. The van der Waals surface area contributed by atoms with Gasteiger partial charge in [0.15, 0.2) is 11.5 Å². The van der Waals surface area contributed by atoms with Crippen molar-refractivity contribution in [1.82, 2.24) is 0 Å². The molecule has 0 unspecified atom stereocenters. The highest BCUT2D eigenvalue weighted by atomic mass is 35.5. The zero-order chi connectivity index (χ0) is 20.0. The van der Waals surface area contributed by atoms with E-state index in [1.807, 2.05) is 0 Å². The van der Waals surface area contributed by atoms with Crippen molar-refractivity contribution in [1.29, 1.82) is 0 Å². The Labute approximate surface area is 162 Å². The average Bonchev–Trinajstić information content (AvgIpc) is 2.65. The first-order valence-corrected chi connectivity index (χ1v) is 8.41. The third-order valence-electron chi connectivity index (χ3n) is 3.77. The van der Waals surface area contributed by atoms with Gasteiger partial charge in [-0.2, -0.15) is 0 Å². The Hall–Kier alpha value is -2.93. The number of para-hydroxylation sites is 1. The van der Waals surface area contributed by atoms with Crippen LogP contribution in [0.2, 0.25) is 5.02 Å². The minimum Gasteiger partial charge on any atom is -0.493 e. The summed E-state index contributed by atoms with van der Waals surface area (Å²) in [7, 11) is 4.46. The van der Waals surface area contributed by atoms with Crippen molar-refractivity contribution in [3.63, 3.8) is 0 Å². The average molecular weight is 393 g/mol. The van der Waals surface area contributed by atoms with Gasteiger partial charge in [-0.05, 0) is 12.1 Å². The van der Waals surface area contributed by atoms with Crippen LogP contribution in [0, 0.1) is 0 Å². The number of anilines is 2. The van der Waals surface area contributed by atoms with Gasteiger partial charge in [0.05, 0.1) is 32.0 Å². The monoisotopic (exact) mass is 392 g/mol. The fraction of sp³-hybridized carbons (Fsp3) is 0.263. The highest BCUT2D eigenvalue weighted by molar-refractivity contribution is 6.33. The lowest BCUT2D eigenvalue weighted by atomic mass is 10.2. The molecule has 0 aliphatic rings. The Morgan fingerprint density at radius 2 is 1.63 bits per heavy atom. The molecule has 0 atom stereocenters. The number of hydrogen-bond acceptors (Lipinski definition) is 5. The van der Waals surface area contributed by atoms with Gasteiger partial charge in [0.25, 0.3) is 0 Å². The van der Waals surface area contributed by atoms with E-state index in [0.29, 0.717) is 33.6 Å². The van der Waals surface area contributed by atoms with E-state index >= 15 is 0 Å². The second-order valence-corrected chi connectivity index (χ2v) is 5.93. The maximum absolute atomic E-state index is 12.5. The first-order valence-electron chi connectivity index (χ1n) is 8.03. The summed E-state index contributed by atoms with van der Waals surface area (Å²) in [5.41, 5.74) is 0.906. The van der Waals surface area contributed by atoms with Gasteiger partial charge in [0, 0.05) is 24.7 Å². The van der Waals surface area contributed by atoms with Crippen molar-refractivity contribution >= 4 is 34.8 Å². The molecule has 0 bridgehead atoms. The molecule has 27 heavy (non-hydrogen) atoms. The van der Waals surface area contributed by atoms with Gasteiger partial charge in [-0.3, -0.25) is 9.59 Å². The molecule has 0 aliphatic carbocycles. The summed E-state index contributed by atoms with van der Waals surface area (Å²) in [5, 5.41) is 3.11. The molecule has 2 aromatic carbocycles. The SMILES string of the molecule is COc1cc(NC(=O)CN(C(C)=O)c2ccccc2Cl)cc(OC)c1OC. The van der Waals surface area contributed by atoms with Gasteiger partial charge < -0.3 is 24.4 Å². The van der Waals surface area contributed by atoms with Crippen LogP contribution in [0.25, 0.3) is 0 Å². The zero-order valence-corrected chi connectivity index (χ0v) is 16.3. The lowest BCUT2D eigenvalue weighted by Gasteiger charge is -2.22. The molecule has 0 aliphatic heterocycles. The third kappa shape index (κ3) is 4.83. The number of benzene rings is 2. The highest BCUT2D eigenvalue weighted by Crippen LogP contribution is 2.39. The van der Waals surface area contributed by atoms with E-state index in [2.05, 4.69) is 5.32 Å². The molecule has 7 nitrogen and oxygen atoms in total. The topological polar surface area (TPSA) is 77.1 Å². The van der Waals surface area contributed by atoms with Crippen molar-refractivity contribution in [2.24, 2.45) is 0 Å². The molecule has 0 aromatic heterocycles. The third-order valence-corrected chi connectivity index (χ3v) is 4.09. The maximum atomic E-state index is 12.5. The van der Waals surface area contributed by atoms with Crippen molar-refractivity contribution in [3.8, 4) is 17.2 Å². The molecule has 0 radical (unpaired) electrons. The van der Waals surface area contributed by atoms with Gasteiger partial charge in [-0.25, -0.2) is 0 Å². The quantitative estimate of drug-likeness (QED) is 0.781. The van der Waals surface area contributed by atoms with Gasteiger partial charge in [-0.1, -0.05) is 23.7 Å². The second-order valence-electron chi connectivity index (χ2n) is 5.52. The van der Waals surface area contributed by atoms with Crippen LogP contribution in [0.5, 0.6) is 17.2 Å².